The van der Waals surface area contributed by atoms with E-state index >= 15 is 0 Å². The van der Waals surface area contributed by atoms with Gasteiger partial charge in [0.2, 0.25) is 10.0 Å². The van der Waals surface area contributed by atoms with Gasteiger partial charge in [-0.3, -0.25) is 9.80 Å². The van der Waals surface area contributed by atoms with E-state index in [1.807, 2.05) is 0 Å². The number of benzene rings is 2. The zero-order chi connectivity index (χ0) is 23.3. The molecule has 0 saturated carbocycles. The van der Waals surface area contributed by atoms with Crippen LogP contribution in [0.3, 0.4) is 0 Å². The monoisotopic (exact) mass is 474 g/mol. The first-order valence-electron chi connectivity index (χ1n) is 10.9. The van der Waals surface area contributed by atoms with Crippen LogP contribution in [0.25, 0.3) is 0 Å². The number of hydrogen-bond acceptors (Lipinski definition) is 7. The number of rotatable bonds is 9. The predicted molar refractivity (Wildman–Crippen MR) is 120 cm³/mol. The highest BCUT2D eigenvalue weighted by Crippen LogP contribution is 2.19. The molecule has 2 fully saturated rings. The van der Waals surface area contributed by atoms with Gasteiger partial charge in [-0.25, -0.2) is 17.5 Å². The second-order valence-corrected chi connectivity index (χ2v) is 10.0. The molecule has 2 aliphatic heterocycles. The summed E-state index contributed by atoms with van der Waals surface area (Å²) in [5, 5.41) is 8.86. The van der Waals surface area contributed by atoms with Crippen molar-refractivity contribution in [1.29, 1.82) is 5.26 Å². The summed E-state index contributed by atoms with van der Waals surface area (Å²) < 4.78 is 52.4. The van der Waals surface area contributed by atoms with Gasteiger partial charge in [-0.05, 0) is 42.5 Å². The minimum absolute atomic E-state index is 0.0623. The highest BCUT2D eigenvalue weighted by molar-refractivity contribution is 7.89. The van der Waals surface area contributed by atoms with Gasteiger partial charge in [0.05, 0.1) is 28.7 Å². The highest BCUT2D eigenvalue weighted by atomic mass is 32.2. The lowest BCUT2D eigenvalue weighted by Gasteiger charge is -2.45. The molecular formula is C23H27FN4O4S. The first-order chi connectivity index (χ1) is 15.9. The Morgan fingerprint density at radius 3 is 2.36 bits per heavy atom. The van der Waals surface area contributed by atoms with Crippen LogP contribution in [0.2, 0.25) is 0 Å². The molecule has 2 atom stereocenters. The quantitative estimate of drug-likeness (QED) is 0.588. The third-order valence-electron chi connectivity index (χ3n) is 5.72. The molecule has 0 radical (unpaired) electrons. The third-order valence-corrected chi connectivity index (χ3v) is 7.18. The van der Waals surface area contributed by atoms with Crippen LogP contribution in [0.1, 0.15) is 5.56 Å². The number of nitriles is 1. The summed E-state index contributed by atoms with van der Waals surface area (Å²) in [5.74, 6) is 0.167. The molecule has 4 rings (SSSR count). The molecule has 2 aromatic rings. The summed E-state index contributed by atoms with van der Waals surface area (Å²) in [7, 11) is -3.73. The van der Waals surface area contributed by atoms with E-state index in [9.17, 15) is 12.8 Å². The Balaban J connectivity index is 1.19. The molecular weight excluding hydrogens is 447 g/mol. The van der Waals surface area contributed by atoms with E-state index < -0.39 is 15.8 Å². The fourth-order valence-corrected chi connectivity index (χ4v) is 5.25. The SMILES string of the molecule is N#Cc1ccc(OCCN2CC3CN(CCNS(=O)(=O)c4cccc(F)c4)CC(C2)O3)cc1. The summed E-state index contributed by atoms with van der Waals surface area (Å²) in [5.41, 5.74) is 0.606. The topological polar surface area (TPSA) is 94.9 Å². The second kappa shape index (κ2) is 10.6. The fraction of sp³-hybridized carbons (Fsp3) is 0.435. The van der Waals surface area contributed by atoms with Crippen molar-refractivity contribution >= 4 is 10.0 Å². The molecule has 2 aliphatic rings. The average Bonchev–Trinajstić information content (AvgIpc) is 2.79. The van der Waals surface area contributed by atoms with Crippen molar-refractivity contribution in [3.05, 3.63) is 59.9 Å². The van der Waals surface area contributed by atoms with Gasteiger partial charge in [-0.15, -0.1) is 0 Å². The van der Waals surface area contributed by atoms with Gasteiger partial charge in [0.25, 0.3) is 0 Å². The molecule has 2 unspecified atom stereocenters. The number of nitrogens with one attached hydrogen (secondary N) is 1. The summed E-state index contributed by atoms with van der Waals surface area (Å²) >= 11 is 0. The van der Waals surface area contributed by atoms with Gasteiger partial charge < -0.3 is 9.47 Å². The molecule has 0 aromatic heterocycles. The third kappa shape index (κ3) is 6.50. The molecule has 33 heavy (non-hydrogen) atoms. The van der Waals surface area contributed by atoms with Crippen molar-refractivity contribution in [3.63, 3.8) is 0 Å². The predicted octanol–water partition coefficient (Wildman–Crippen LogP) is 1.44. The number of halogens is 1. The van der Waals surface area contributed by atoms with Crippen molar-refractivity contribution in [2.24, 2.45) is 0 Å². The Labute approximate surface area is 193 Å². The minimum Gasteiger partial charge on any atom is -0.492 e. The summed E-state index contributed by atoms with van der Waals surface area (Å²) in [6, 6.07) is 14.2. The molecule has 0 aliphatic carbocycles. The molecule has 0 amide bonds. The molecule has 176 valence electrons. The summed E-state index contributed by atoms with van der Waals surface area (Å²) in [6.45, 7) is 5.18. The van der Waals surface area contributed by atoms with Crippen molar-refractivity contribution in [2.45, 2.75) is 17.1 Å². The lowest BCUT2D eigenvalue weighted by molar-refractivity contribution is -0.138. The van der Waals surface area contributed by atoms with Gasteiger partial charge in [0, 0.05) is 45.8 Å². The smallest absolute Gasteiger partial charge is 0.240 e. The first-order valence-corrected chi connectivity index (χ1v) is 12.4. The van der Waals surface area contributed by atoms with Gasteiger partial charge >= 0.3 is 0 Å². The molecule has 2 heterocycles. The molecule has 2 bridgehead atoms. The van der Waals surface area contributed by atoms with E-state index in [1.165, 1.54) is 18.2 Å². The number of sulfonamides is 1. The maximum absolute atomic E-state index is 13.3. The molecule has 2 saturated heterocycles. The zero-order valence-corrected chi connectivity index (χ0v) is 19.0. The number of fused-ring (bicyclic) bond motifs is 2. The maximum atomic E-state index is 13.3. The van der Waals surface area contributed by atoms with Crippen LogP contribution in [0.4, 0.5) is 4.39 Å². The van der Waals surface area contributed by atoms with Crippen LogP contribution in [-0.4, -0.2) is 82.8 Å². The number of morpholine rings is 2. The number of hydrogen-bond donors (Lipinski definition) is 1. The molecule has 1 N–H and O–H groups in total. The average molecular weight is 475 g/mol. The van der Waals surface area contributed by atoms with Crippen LogP contribution in [-0.2, 0) is 14.8 Å². The van der Waals surface area contributed by atoms with Gasteiger partial charge in [-0.1, -0.05) is 6.07 Å². The maximum Gasteiger partial charge on any atom is 0.240 e. The highest BCUT2D eigenvalue weighted by Gasteiger charge is 2.34. The van der Waals surface area contributed by atoms with Crippen LogP contribution < -0.4 is 9.46 Å². The molecule has 10 heteroatoms. The molecule has 2 aromatic carbocycles. The van der Waals surface area contributed by atoms with Crippen molar-refractivity contribution in [2.75, 3.05) is 52.4 Å². The Morgan fingerprint density at radius 1 is 1.06 bits per heavy atom. The summed E-state index contributed by atoms with van der Waals surface area (Å²) in [6.07, 6.45) is 0.125. The largest absolute Gasteiger partial charge is 0.492 e. The van der Waals surface area contributed by atoms with Gasteiger partial charge in [0.15, 0.2) is 0 Å². The van der Waals surface area contributed by atoms with Crippen LogP contribution in [0.15, 0.2) is 53.4 Å². The van der Waals surface area contributed by atoms with Gasteiger partial charge in [0.1, 0.15) is 18.2 Å². The normalized spacial score (nSPS) is 21.5. The van der Waals surface area contributed by atoms with Crippen LogP contribution in [0.5, 0.6) is 5.75 Å². The van der Waals surface area contributed by atoms with Crippen LogP contribution >= 0.6 is 0 Å². The van der Waals surface area contributed by atoms with Crippen molar-refractivity contribution < 1.29 is 22.3 Å². The standard InChI is InChI=1S/C23H27FN4O4S/c24-19-2-1-3-23(12-19)33(29,30)26-8-9-27-14-21-16-28(17-22(15-27)32-21)10-11-31-20-6-4-18(13-25)5-7-20/h1-7,12,21-22,26H,8-11,14-17H2. The molecule has 0 spiro atoms. The van der Waals surface area contributed by atoms with E-state index in [1.54, 1.807) is 24.3 Å². The lowest BCUT2D eigenvalue weighted by atomic mass is 10.1. The van der Waals surface area contributed by atoms with Crippen LogP contribution in [0, 0.1) is 17.1 Å². The Bertz CT molecular complexity index is 1080. The Kier molecular flexibility index (Phi) is 7.57. The lowest BCUT2D eigenvalue weighted by Crippen LogP contribution is -2.60. The second-order valence-electron chi connectivity index (χ2n) is 8.24. The van der Waals surface area contributed by atoms with Crippen molar-refractivity contribution in [3.8, 4) is 11.8 Å². The zero-order valence-electron chi connectivity index (χ0n) is 18.2. The fourth-order valence-electron chi connectivity index (χ4n) is 4.20. The Hall–Kier alpha value is -2.55. The Morgan fingerprint density at radius 2 is 1.73 bits per heavy atom. The first kappa shape index (κ1) is 23.6. The van der Waals surface area contributed by atoms with E-state index in [0.717, 1.165) is 44.5 Å². The van der Waals surface area contributed by atoms with E-state index in [0.29, 0.717) is 18.7 Å². The molecule has 8 nitrogen and oxygen atoms in total. The number of ether oxygens (including phenoxy) is 2. The van der Waals surface area contributed by atoms with E-state index in [-0.39, 0.29) is 23.6 Å². The number of nitrogens with zero attached hydrogens (tertiary/aromatic N) is 3. The minimum atomic E-state index is -3.73. The van der Waals surface area contributed by atoms with E-state index in [4.69, 9.17) is 14.7 Å². The van der Waals surface area contributed by atoms with Crippen molar-refractivity contribution in [1.82, 2.24) is 14.5 Å². The van der Waals surface area contributed by atoms with Gasteiger partial charge in [-0.2, -0.15) is 5.26 Å². The van der Waals surface area contributed by atoms with E-state index in [2.05, 4.69) is 20.6 Å². The summed E-state index contributed by atoms with van der Waals surface area (Å²) in [4.78, 5) is 4.46.